The van der Waals surface area contributed by atoms with E-state index in [1.807, 2.05) is 0 Å². The highest BCUT2D eigenvalue weighted by molar-refractivity contribution is 5.96. The van der Waals surface area contributed by atoms with Crippen LogP contribution in [0.3, 0.4) is 0 Å². The van der Waals surface area contributed by atoms with Crippen molar-refractivity contribution in [2.24, 2.45) is 0 Å². The summed E-state index contributed by atoms with van der Waals surface area (Å²) >= 11 is 0. The first-order valence-electron chi connectivity index (χ1n) is 2.82. The Bertz CT molecular complexity index is 199. The number of rotatable bonds is 3. The van der Waals surface area contributed by atoms with Gasteiger partial charge in [0, 0.05) is 0 Å². The molecule has 0 spiro atoms. The predicted molar refractivity (Wildman–Crippen MR) is 40.7 cm³/mol. The Morgan fingerprint density at radius 3 is 2.00 bits per heavy atom. The summed E-state index contributed by atoms with van der Waals surface area (Å²) in [6.45, 7) is 8.03. The van der Waals surface area contributed by atoms with Crippen molar-refractivity contribution in [2.75, 3.05) is 0 Å². The van der Waals surface area contributed by atoms with Crippen molar-refractivity contribution in [3.63, 3.8) is 0 Å². The maximum Gasteiger partial charge on any atom is 0.163 e. The third kappa shape index (κ3) is 1.90. The van der Waals surface area contributed by atoms with Crippen molar-refractivity contribution >= 4 is 5.78 Å². The van der Waals surface area contributed by atoms with Crippen LogP contribution in [-0.2, 0) is 4.79 Å². The van der Waals surface area contributed by atoms with Crippen LogP contribution in [0.5, 0.6) is 0 Å². The fraction of sp³-hybridized carbons (Fsp3) is 0.125. The fourth-order valence-corrected chi connectivity index (χ4v) is 0.539. The maximum absolute atomic E-state index is 10.6. The van der Waals surface area contributed by atoms with Gasteiger partial charge in [0.05, 0.1) is 5.57 Å². The summed E-state index contributed by atoms with van der Waals surface area (Å²) in [6.07, 6.45) is 2.51. The molecule has 0 heterocycles. The molecule has 0 atom stereocenters. The minimum atomic E-state index is -0.215. The predicted octanol–water partition coefficient (Wildman–Crippen LogP) is 1.76. The zero-order valence-electron chi connectivity index (χ0n) is 5.92. The van der Waals surface area contributed by atoms with Crippen molar-refractivity contribution < 1.29 is 9.90 Å². The van der Waals surface area contributed by atoms with E-state index < -0.39 is 0 Å². The highest BCUT2D eigenvalue weighted by atomic mass is 16.3. The van der Waals surface area contributed by atoms with Crippen molar-refractivity contribution in [3.05, 3.63) is 36.6 Å². The Morgan fingerprint density at radius 1 is 1.40 bits per heavy atom. The van der Waals surface area contributed by atoms with Gasteiger partial charge < -0.3 is 5.11 Å². The number of carbonyl (C=O) groups excluding carboxylic acids is 1. The molecule has 2 nitrogen and oxygen atoms in total. The first-order chi connectivity index (χ1) is 4.63. The summed E-state index contributed by atoms with van der Waals surface area (Å²) in [5, 5.41) is 8.96. The molecule has 0 aliphatic rings. The molecule has 0 aromatic heterocycles. The highest BCUT2D eigenvalue weighted by Crippen LogP contribution is 2.03. The Kier molecular flexibility index (Phi) is 3.19. The van der Waals surface area contributed by atoms with E-state index in [1.54, 1.807) is 0 Å². The fourth-order valence-electron chi connectivity index (χ4n) is 0.539. The first kappa shape index (κ1) is 8.69. The molecule has 54 valence electrons. The number of Topliss-reactive ketones (excluding diaryl/α,β-unsaturated/α-hetero) is 1. The van der Waals surface area contributed by atoms with Crippen molar-refractivity contribution in [3.8, 4) is 0 Å². The molecule has 0 rings (SSSR count). The van der Waals surface area contributed by atoms with Crippen LogP contribution in [0.15, 0.2) is 36.6 Å². The van der Waals surface area contributed by atoms with Gasteiger partial charge in [-0.25, -0.2) is 0 Å². The summed E-state index contributed by atoms with van der Waals surface area (Å²) in [7, 11) is 0. The van der Waals surface area contributed by atoms with Gasteiger partial charge in [-0.1, -0.05) is 19.2 Å². The van der Waals surface area contributed by atoms with Gasteiger partial charge in [0.2, 0.25) is 0 Å². The van der Waals surface area contributed by atoms with E-state index in [0.717, 1.165) is 0 Å². The van der Waals surface area contributed by atoms with E-state index in [2.05, 4.69) is 13.2 Å². The topological polar surface area (TPSA) is 37.3 Å². The minimum Gasteiger partial charge on any atom is -0.507 e. The monoisotopic (exact) mass is 138 g/mol. The second-order valence-corrected chi connectivity index (χ2v) is 1.76. The Labute approximate surface area is 60.2 Å². The molecule has 0 saturated heterocycles. The zero-order chi connectivity index (χ0) is 8.15. The van der Waals surface area contributed by atoms with Crippen molar-refractivity contribution in [2.45, 2.75) is 6.92 Å². The quantitative estimate of drug-likeness (QED) is 0.366. The molecule has 0 radical (unpaired) electrons. The highest BCUT2D eigenvalue weighted by Gasteiger charge is 2.02. The molecule has 0 aromatic rings. The lowest BCUT2D eigenvalue weighted by atomic mass is 10.1. The van der Waals surface area contributed by atoms with E-state index in [9.17, 15) is 4.79 Å². The minimum absolute atomic E-state index is 0.123. The second-order valence-electron chi connectivity index (χ2n) is 1.76. The van der Waals surface area contributed by atoms with Crippen LogP contribution in [-0.4, -0.2) is 10.9 Å². The summed E-state index contributed by atoms with van der Waals surface area (Å²) in [5.74, 6) is -0.338. The molecular formula is C8H10O2. The molecule has 2 heteroatoms. The van der Waals surface area contributed by atoms with E-state index in [4.69, 9.17) is 5.11 Å². The SMILES string of the molecule is C=C/C(O)=C(\C=C)C(C)=O. The van der Waals surface area contributed by atoms with E-state index in [0.29, 0.717) is 0 Å². The molecule has 0 amide bonds. The van der Waals surface area contributed by atoms with E-state index >= 15 is 0 Å². The lowest BCUT2D eigenvalue weighted by Crippen LogP contribution is -1.96. The Hall–Kier alpha value is -1.31. The summed E-state index contributed by atoms with van der Waals surface area (Å²) < 4.78 is 0. The van der Waals surface area contributed by atoms with Gasteiger partial charge in [0.1, 0.15) is 5.76 Å². The third-order valence-electron chi connectivity index (χ3n) is 1.05. The van der Waals surface area contributed by atoms with Crippen LogP contribution in [0.25, 0.3) is 0 Å². The number of ketones is 1. The zero-order valence-corrected chi connectivity index (χ0v) is 5.92. The van der Waals surface area contributed by atoms with Crippen LogP contribution in [0.2, 0.25) is 0 Å². The van der Waals surface area contributed by atoms with Gasteiger partial charge in [-0.05, 0) is 13.0 Å². The summed E-state index contributed by atoms with van der Waals surface area (Å²) in [6, 6.07) is 0. The number of hydrogen-bond acceptors (Lipinski definition) is 2. The average molecular weight is 138 g/mol. The molecule has 0 bridgehead atoms. The van der Waals surface area contributed by atoms with Gasteiger partial charge in [0.25, 0.3) is 0 Å². The van der Waals surface area contributed by atoms with Crippen molar-refractivity contribution in [1.29, 1.82) is 0 Å². The van der Waals surface area contributed by atoms with E-state index in [-0.39, 0.29) is 17.1 Å². The molecule has 1 N–H and O–H groups in total. The lowest BCUT2D eigenvalue weighted by Gasteiger charge is -1.95. The average Bonchev–Trinajstić information content (AvgIpc) is 1.88. The van der Waals surface area contributed by atoms with Crippen LogP contribution >= 0.6 is 0 Å². The molecule has 0 aliphatic heterocycles. The van der Waals surface area contributed by atoms with Crippen LogP contribution in [0, 0.1) is 0 Å². The van der Waals surface area contributed by atoms with E-state index in [1.165, 1.54) is 19.1 Å². The number of aliphatic hydroxyl groups is 1. The van der Waals surface area contributed by atoms with Crippen molar-refractivity contribution in [1.82, 2.24) is 0 Å². The molecular weight excluding hydrogens is 128 g/mol. The molecule has 0 aromatic carbocycles. The Balaban J connectivity index is 4.79. The maximum atomic E-state index is 10.6. The second kappa shape index (κ2) is 3.67. The first-order valence-corrected chi connectivity index (χ1v) is 2.82. The molecule has 0 fully saturated rings. The van der Waals surface area contributed by atoms with Gasteiger partial charge in [-0.3, -0.25) is 4.79 Å². The number of aliphatic hydroxyl groups excluding tert-OH is 1. The lowest BCUT2D eigenvalue weighted by molar-refractivity contribution is -0.113. The number of hydrogen-bond donors (Lipinski definition) is 1. The standard InChI is InChI=1S/C8H10O2/c1-4-7(6(3)9)8(10)5-2/h4-5,10H,1-2H2,3H3/b8-7-. The van der Waals surface area contributed by atoms with Crippen LogP contribution in [0.4, 0.5) is 0 Å². The number of carbonyl (C=O) groups is 1. The molecule has 10 heavy (non-hydrogen) atoms. The van der Waals surface area contributed by atoms with Gasteiger partial charge in [-0.2, -0.15) is 0 Å². The van der Waals surface area contributed by atoms with Gasteiger partial charge in [-0.15, -0.1) is 0 Å². The van der Waals surface area contributed by atoms with Crippen LogP contribution in [0.1, 0.15) is 6.92 Å². The van der Waals surface area contributed by atoms with Gasteiger partial charge in [0.15, 0.2) is 5.78 Å². The molecule has 0 saturated carbocycles. The number of allylic oxidation sites excluding steroid dienone is 3. The summed E-state index contributed by atoms with van der Waals surface area (Å²) in [5.41, 5.74) is 0.204. The molecule has 0 aliphatic carbocycles. The molecule has 0 unspecified atom stereocenters. The smallest absolute Gasteiger partial charge is 0.163 e. The van der Waals surface area contributed by atoms with Gasteiger partial charge >= 0.3 is 0 Å². The Morgan fingerprint density at radius 2 is 1.90 bits per heavy atom. The summed E-state index contributed by atoms with van der Waals surface area (Å²) in [4.78, 5) is 10.6. The normalized spacial score (nSPS) is 11.7. The van der Waals surface area contributed by atoms with Crippen LogP contribution < -0.4 is 0 Å². The third-order valence-corrected chi connectivity index (χ3v) is 1.05. The largest absolute Gasteiger partial charge is 0.507 e.